The van der Waals surface area contributed by atoms with E-state index in [2.05, 4.69) is 43.1 Å². The molecule has 0 saturated heterocycles. The van der Waals surface area contributed by atoms with Crippen LogP contribution in [-0.2, 0) is 4.43 Å². The van der Waals surface area contributed by atoms with E-state index in [0.29, 0.717) is 5.56 Å². The van der Waals surface area contributed by atoms with Gasteiger partial charge in [-0.2, -0.15) is 10.4 Å². The van der Waals surface area contributed by atoms with Gasteiger partial charge in [0.25, 0.3) is 5.91 Å². The number of aromatic nitrogens is 2. The van der Waals surface area contributed by atoms with Crippen LogP contribution in [0.1, 0.15) is 27.0 Å². The molecule has 0 aliphatic heterocycles. The van der Waals surface area contributed by atoms with Crippen LogP contribution in [0.4, 0.5) is 21.7 Å². The van der Waals surface area contributed by atoms with Gasteiger partial charge < -0.3 is 11.1 Å². The van der Waals surface area contributed by atoms with Gasteiger partial charge in [-0.15, -0.1) is 0 Å². The third-order valence-electron chi connectivity index (χ3n) is 3.79. The minimum Gasteiger partial charge on any atom is -0.365 e. The summed E-state index contributed by atoms with van der Waals surface area (Å²) >= 11 is 2.26. The van der Waals surface area contributed by atoms with Crippen molar-refractivity contribution in [1.29, 1.82) is 5.26 Å². The standard InChI is InChI=1S/C19H14FIN6O/c20-15-5-4-12(6-13(15)9-22)10-24-18-16(17(23)28)19(27-26-18)25-14-3-1-2-11(7-14)8-21/h1-7,10H,8H2,(H2,23,28)(H2,25,26,27)/b24-10+. The number of hydrogen-bond donors (Lipinski definition) is 3. The van der Waals surface area contributed by atoms with Gasteiger partial charge in [0.15, 0.2) is 11.6 Å². The molecule has 3 aromatic rings. The fourth-order valence-corrected chi connectivity index (χ4v) is 2.94. The zero-order chi connectivity index (χ0) is 20.1. The number of anilines is 2. The first-order chi connectivity index (χ1) is 13.5. The van der Waals surface area contributed by atoms with Crippen molar-refractivity contribution in [3.8, 4) is 6.07 Å². The van der Waals surface area contributed by atoms with Crippen molar-refractivity contribution >= 4 is 52.0 Å². The van der Waals surface area contributed by atoms with Crippen LogP contribution in [0, 0.1) is 17.1 Å². The normalized spacial score (nSPS) is 10.8. The van der Waals surface area contributed by atoms with E-state index in [1.54, 1.807) is 6.07 Å². The first-order valence-electron chi connectivity index (χ1n) is 8.05. The second kappa shape index (κ2) is 8.62. The number of nitrogens with zero attached hydrogens (tertiary/aromatic N) is 3. The third kappa shape index (κ3) is 4.34. The van der Waals surface area contributed by atoms with Gasteiger partial charge in [0.2, 0.25) is 0 Å². The van der Waals surface area contributed by atoms with Crippen LogP contribution in [0.5, 0.6) is 0 Å². The molecular weight excluding hydrogens is 474 g/mol. The molecule has 3 rings (SSSR count). The van der Waals surface area contributed by atoms with E-state index in [0.717, 1.165) is 15.7 Å². The number of nitriles is 1. The largest absolute Gasteiger partial charge is 0.365 e. The molecule has 0 atom stereocenters. The highest BCUT2D eigenvalue weighted by Gasteiger charge is 2.18. The van der Waals surface area contributed by atoms with E-state index in [4.69, 9.17) is 11.0 Å². The number of amides is 1. The van der Waals surface area contributed by atoms with E-state index in [1.807, 2.05) is 24.3 Å². The van der Waals surface area contributed by atoms with E-state index < -0.39 is 11.7 Å². The number of carbonyl (C=O) groups is 1. The number of nitrogens with two attached hydrogens (primary N) is 1. The second-order valence-electron chi connectivity index (χ2n) is 5.73. The Hall–Kier alpha value is -3.26. The number of H-pyrrole nitrogens is 1. The van der Waals surface area contributed by atoms with Crippen molar-refractivity contribution in [2.75, 3.05) is 5.32 Å². The molecule has 0 fully saturated rings. The number of benzene rings is 2. The minimum atomic E-state index is -0.703. The van der Waals surface area contributed by atoms with Crippen LogP contribution in [0.25, 0.3) is 0 Å². The summed E-state index contributed by atoms with van der Waals surface area (Å²) < 4.78 is 14.3. The Morgan fingerprint density at radius 1 is 1.39 bits per heavy atom. The second-order valence-corrected chi connectivity index (χ2v) is 6.49. The Balaban J connectivity index is 1.90. The maximum Gasteiger partial charge on any atom is 0.256 e. The van der Waals surface area contributed by atoms with Crippen molar-refractivity contribution in [1.82, 2.24) is 10.2 Å². The number of hydrogen-bond acceptors (Lipinski definition) is 5. The number of aliphatic imine (C=N–C) groups is 1. The van der Waals surface area contributed by atoms with E-state index in [9.17, 15) is 9.18 Å². The number of nitrogens with one attached hydrogen (secondary N) is 2. The molecular formula is C19H14FIN6O. The molecule has 1 heterocycles. The smallest absolute Gasteiger partial charge is 0.256 e. The number of rotatable bonds is 6. The highest BCUT2D eigenvalue weighted by molar-refractivity contribution is 14.1. The quantitative estimate of drug-likeness (QED) is 0.277. The monoisotopic (exact) mass is 488 g/mol. The molecule has 140 valence electrons. The van der Waals surface area contributed by atoms with Gasteiger partial charge in [-0.1, -0.05) is 40.8 Å². The predicted molar refractivity (Wildman–Crippen MR) is 113 cm³/mol. The fraction of sp³-hybridized carbons (Fsp3) is 0.0526. The molecule has 4 N–H and O–H groups in total. The van der Waals surface area contributed by atoms with E-state index in [-0.39, 0.29) is 22.8 Å². The topological polar surface area (TPSA) is 120 Å². The van der Waals surface area contributed by atoms with Gasteiger partial charge in [0.1, 0.15) is 17.4 Å². The lowest BCUT2D eigenvalue weighted by molar-refractivity contribution is 0.100. The van der Waals surface area contributed by atoms with E-state index >= 15 is 0 Å². The molecule has 0 aliphatic rings. The molecule has 0 radical (unpaired) electrons. The zero-order valence-electron chi connectivity index (χ0n) is 14.4. The molecule has 0 unspecified atom stereocenters. The molecule has 1 amide bonds. The average Bonchev–Trinajstić information content (AvgIpc) is 3.10. The molecule has 1 aromatic heterocycles. The summed E-state index contributed by atoms with van der Waals surface area (Å²) in [5, 5.41) is 18.7. The SMILES string of the molecule is N#Cc1cc(/C=N/c2[nH]nc(Nc3cccc(CI)c3)c2C(N)=O)ccc1F. The lowest BCUT2D eigenvalue weighted by Gasteiger charge is -2.06. The van der Waals surface area contributed by atoms with Gasteiger partial charge in [-0.3, -0.25) is 9.89 Å². The van der Waals surface area contributed by atoms with Crippen LogP contribution in [0.3, 0.4) is 0 Å². The zero-order valence-corrected chi connectivity index (χ0v) is 16.6. The highest BCUT2D eigenvalue weighted by Crippen LogP contribution is 2.27. The molecule has 7 nitrogen and oxygen atoms in total. The van der Waals surface area contributed by atoms with E-state index in [1.165, 1.54) is 24.4 Å². The maximum absolute atomic E-state index is 13.4. The lowest BCUT2D eigenvalue weighted by Crippen LogP contribution is -2.12. The van der Waals surface area contributed by atoms with Crippen LogP contribution in [-0.4, -0.2) is 22.3 Å². The minimum absolute atomic E-state index is 0.0961. The Kier molecular flexibility index (Phi) is 6.00. The molecule has 0 saturated carbocycles. The van der Waals surface area contributed by atoms with Crippen molar-refractivity contribution in [2.45, 2.75) is 4.43 Å². The maximum atomic E-state index is 13.4. The van der Waals surface area contributed by atoms with Gasteiger partial charge in [0, 0.05) is 16.3 Å². The van der Waals surface area contributed by atoms with Gasteiger partial charge >= 0.3 is 0 Å². The molecule has 9 heteroatoms. The van der Waals surface area contributed by atoms with Crippen molar-refractivity contribution in [3.63, 3.8) is 0 Å². The predicted octanol–water partition coefficient (Wildman–Crippen LogP) is 3.95. The summed E-state index contributed by atoms with van der Waals surface area (Å²) in [7, 11) is 0. The Labute approximate surface area is 173 Å². The number of halogens is 2. The molecule has 0 aliphatic carbocycles. The molecule has 0 bridgehead atoms. The summed E-state index contributed by atoms with van der Waals surface area (Å²) in [5.41, 5.74) is 7.87. The van der Waals surface area contributed by atoms with Gasteiger partial charge in [-0.05, 0) is 35.4 Å². The third-order valence-corrected chi connectivity index (χ3v) is 4.67. The molecule has 28 heavy (non-hydrogen) atoms. The lowest BCUT2D eigenvalue weighted by atomic mass is 10.1. The molecule has 2 aromatic carbocycles. The summed E-state index contributed by atoms with van der Waals surface area (Å²) in [4.78, 5) is 16.1. The Morgan fingerprint density at radius 2 is 2.21 bits per heavy atom. The Bertz CT molecular complexity index is 1100. The van der Waals surface area contributed by atoms with Crippen LogP contribution >= 0.6 is 22.6 Å². The molecule has 0 spiro atoms. The van der Waals surface area contributed by atoms with Gasteiger partial charge in [0.05, 0.1) is 5.56 Å². The fourth-order valence-electron chi connectivity index (χ4n) is 2.47. The Morgan fingerprint density at radius 3 is 2.93 bits per heavy atom. The number of carbonyl (C=O) groups excluding carboxylic acids is 1. The number of primary amides is 1. The highest BCUT2D eigenvalue weighted by atomic mass is 127. The number of alkyl halides is 1. The first kappa shape index (κ1) is 19.5. The first-order valence-corrected chi connectivity index (χ1v) is 9.58. The van der Waals surface area contributed by atoms with Crippen molar-refractivity contribution in [2.24, 2.45) is 10.7 Å². The van der Waals surface area contributed by atoms with Crippen LogP contribution < -0.4 is 11.1 Å². The summed E-state index contributed by atoms with van der Waals surface area (Å²) in [6, 6.07) is 13.4. The van der Waals surface area contributed by atoms with Crippen LogP contribution in [0.2, 0.25) is 0 Å². The van der Waals surface area contributed by atoms with Crippen molar-refractivity contribution < 1.29 is 9.18 Å². The summed E-state index contributed by atoms with van der Waals surface area (Å²) in [6.45, 7) is 0. The van der Waals surface area contributed by atoms with Gasteiger partial charge in [-0.25, -0.2) is 9.38 Å². The summed E-state index contributed by atoms with van der Waals surface area (Å²) in [6.07, 6.45) is 1.39. The summed E-state index contributed by atoms with van der Waals surface area (Å²) in [5.74, 6) is -0.908. The average molecular weight is 488 g/mol. The van der Waals surface area contributed by atoms with Crippen LogP contribution in [0.15, 0.2) is 47.5 Å². The number of aromatic amines is 1. The van der Waals surface area contributed by atoms with Crippen molar-refractivity contribution in [3.05, 3.63) is 70.5 Å².